The van der Waals surface area contributed by atoms with Gasteiger partial charge in [0.2, 0.25) is 0 Å². The van der Waals surface area contributed by atoms with Gasteiger partial charge in [-0.05, 0) is 36.3 Å². The second-order valence-corrected chi connectivity index (χ2v) is 6.14. The van der Waals surface area contributed by atoms with E-state index in [1.807, 2.05) is 0 Å². The van der Waals surface area contributed by atoms with Crippen LogP contribution in [-0.4, -0.2) is 13.2 Å². The largest absolute Gasteiger partial charge is 0.379 e. The van der Waals surface area contributed by atoms with Crippen molar-refractivity contribution in [3.8, 4) is 0 Å². The molecule has 0 amide bonds. The fraction of sp³-hybridized carbons (Fsp3) is 0.667. The molecule has 2 nitrogen and oxygen atoms in total. The van der Waals surface area contributed by atoms with Crippen LogP contribution < -0.4 is 5.73 Å². The molecule has 0 aliphatic heterocycles. The first-order valence-corrected chi connectivity index (χ1v) is 8.21. The molecule has 0 radical (unpaired) electrons. The van der Waals surface area contributed by atoms with Crippen molar-refractivity contribution < 1.29 is 4.74 Å². The van der Waals surface area contributed by atoms with Crippen LogP contribution in [0, 0.1) is 5.92 Å². The maximum atomic E-state index is 6.21. The molecule has 2 rings (SSSR count). The zero-order chi connectivity index (χ0) is 14.2. The van der Waals surface area contributed by atoms with E-state index in [-0.39, 0.29) is 6.04 Å². The first-order valence-electron chi connectivity index (χ1n) is 8.21. The van der Waals surface area contributed by atoms with Gasteiger partial charge in [0, 0.05) is 6.61 Å². The second-order valence-electron chi connectivity index (χ2n) is 6.14. The van der Waals surface area contributed by atoms with Gasteiger partial charge in [0.05, 0.1) is 12.6 Å². The monoisotopic (exact) mass is 275 g/mol. The summed E-state index contributed by atoms with van der Waals surface area (Å²) in [6.45, 7) is 3.74. The number of hydrogen-bond donors (Lipinski definition) is 1. The highest BCUT2D eigenvalue weighted by Crippen LogP contribution is 2.24. The third-order valence-electron chi connectivity index (χ3n) is 4.32. The Bertz CT molecular complexity index is 368. The van der Waals surface area contributed by atoms with E-state index in [0.29, 0.717) is 6.61 Å². The van der Waals surface area contributed by atoms with Crippen LogP contribution in [0.2, 0.25) is 0 Å². The molecule has 1 aromatic rings. The molecular formula is C18H29NO. The van der Waals surface area contributed by atoms with Crippen LogP contribution in [0.15, 0.2) is 24.3 Å². The maximum Gasteiger partial charge on any atom is 0.0659 e. The second kappa shape index (κ2) is 8.43. The molecule has 1 aliphatic carbocycles. The van der Waals surface area contributed by atoms with Crippen molar-refractivity contribution in [3.05, 3.63) is 35.4 Å². The van der Waals surface area contributed by atoms with Gasteiger partial charge in [-0.1, -0.05) is 56.9 Å². The minimum Gasteiger partial charge on any atom is -0.379 e. The van der Waals surface area contributed by atoms with E-state index in [9.17, 15) is 0 Å². The van der Waals surface area contributed by atoms with Gasteiger partial charge >= 0.3 is 0 Å². The normalized spacial score (nSPS) is 18.1. The summed E-state index contributed by atoms with van der Waals surface area (Å²) >= 11 is 0. The number of rotatable bonds is 7. The summed E-state index contributed by atoms with van der Waals surface area (Å²) in [6.07, 6.45) is 9.16. The highest BCUT2D eigenvalue weighted by Gasteiger charge is 2.14. The number of ether oxygens (including phenoxy) is 1. The average molecular weight is 275 g/mol. The molecule has 0 heterocycles. The van der Waals surface area contributed by atoms with E-state index in [1.54, 1.807) is 0 Å². The van der Waals surface area contributed by atoms with Gasteiger partial charge in [0.15, 0.2) is 0 Å². The summed E-state index contributed by atoms with van der Waals surface area (Å²) < 4.78 is 5.84. The highest BCUT2D eigenvalue weighted by atomic mass is 16.5. The van der Waals surface area contributed by atoms with Gasteiger partial charge < -0.3 is 10.5 Å². The maximum absolute atomic E-state index is 6.21. The Labute approximate surface area is 123 Å². The lowest BCUT2D eigenvalue weighted by atomic mass is 9.90. The minimum atomic E-state index is 0.00858. The van der Waals surface area contributed by atoms with Crippen LogP contribution in [0.25, 0.3) is 0 Å². The van der Waals surface area contributed by atoms with Crippen LogP contribution in [0.3, 0.4) is 0 Å². The number of hydrogen-bond acceptors (Lipinski definition) is 2. The lowest BCUT2D eigenvalue weighted by Gasteiger charge is -2.22. The molecule has 0 spiro atoms. The minimum absolute atomic E-state index is 0.00858. The molecular weight excluding hydrogens is 246 g/mol. The Kier molecular flexibility index (Phi) is 6.55. The summed E-state index contributed by atoms with van der Waals surface area (Å²) in [7, 11) is 0. The Balaban J connectivity index is 1.71. The third-order valence-corrected chi connectivity index (χ3v) is 4.32. The Morgan fingerprint density at radius 1 is 1.15 bits per heavy atom. The van der Waals surface area contributed by atoms with Crippen molar-refractivity contribution in [2.75, 3.05) is 13.2 Å². The SMILES string of the molecule is CCCc1ccc(C(N)COCC2CCCCC2)cc1. The lowest BCUT2D eigenvalue weighted by Crippen LogP contribution is -2.20. The van der Waals surface area contributed by atoms with Gasteiger partial charge in [-0.2, -0.15) is 0 Å². The van der Waals surface area contributed by atoms with E-state index in [0.717, 1.165) is 18.9 Å². The molecule has 1 unspecified atom stereocenters. The molecule has 112 valence electrons. The van der Waals surface area contributed by atoms with E-state index in [1.165, 1.54) is 49.7 Å². The van der Waals surface area contributed by atoms with Crippen LogP contribution in [-0.2, 0) is 11.2 Å². The molecule has 1 atom stereocenters. The molecule has 20 heavy (non-hydrogen) atoms. The fourth-order valence-corrected chi connectivity index (χ4v) is 3.03. The summed E-state index contributed by atoms with van der Waals surface area (Å²) in [5.41, 5.74) is 8.79. The molecule has 1 saturated carbocycles. The number of nitrogens with two attached hydrogens (primary N) is 1. The predicted molar refractivity (Wildman–Crippen MR) is 84.8 cm³/mol. The molecule has 1 aromatic carbocycles. The zero-order valence-electron chi connectivity index (χ0n) is 12.8. The Morgan fingerprint density at radius 3 is 2.50 bits per heavy atom. The van der Waals surface area contributed by atoms with Crippen molar-refractivity contribution in [1.29, 1.82) is 0 Å². The molecule has 2 N–H and O–H groups in total. The Morgan fingerprint density at radius 2 is 1.85 bits per heavy atom. The van der Waals surface area contributed by atoms with Crippen molar-refractivity contribution in [1.82, 2.24) is 0 Å². The smallest absolute Gasteiger partial charge is 0.0659 e. The topological polar surface area (TPSA) is 35.2 Å². The molecule has 0 aromatic heterocycles. The first-order chi connectivity index (χ1) is 9.79. The van der Waals surface area contributed by atoms with Crippen molar-refractivity contribution in [2.24, 2.45) is 11.7 Å². The van der Waals surface area contributed by atoms with E-state index in [2.05, 4.69) is 31.2 Å². The summed E-state index contributed by atoms with van der Waals surface area (Å²) in [6, 6.07) is 8.70. The molecule has 1 aliphatic rings. The molecule has 0 bridgehead atoms. The quantitative estimate of drug-likeness (QED) is 0.808. The summed E-state index contributed by atoms with van der Waals surface area (Å²) in [4.78, 5) is 0. The average Bonchev–Trinajstić information content (AvgIpc) is 2.49. The number of benzene rings is 1. The van der Waals surface area contributed by atoms with E-state index < -0.39 is 0 Å². The first kappa shape index (κ1) is 15.5. The molecule has 0 saturated heterocycles. The van der Waals surface area contributed by atoms with Gasteiger partial charge in [-0.15, -0.1) is 0 Å². The van der Waals surface area contributed by atoms with Crippen LogP contribution in [0.4, 0.5) is 0 Å². The van der Waals surface area contributed by atoms with E-state index >= 15 is 0 Å². The van der Waals surface area contributed by atoms with Crippen LogP contribution in [0.1, 0.15) is 62.6 Å². The van der Waals surface area contributed by atoms with Crippen LogP contribution >= 0.6 is 0 Å². The zero-order valence-corrected chi connectivity index (χ0v) is 12.8. The highest BCUT2D eigenvalue weighted by molar-refractivity contribution is 5.24. The third kappa shape index (κ3) is 4.92. The standard InChI is InChI=1S/C18H29NO/c1-2-6-15-9-11-17(12-10-15)18(19)14-20-13-16-7-4-3-5-8-16/h9-12,16,18H,2-8,13-14,19H2,1H3. The van der Waals surface area contributed by atoms with Crippen LogP contribution in [0.5, 0.6) is 0 Å². The van der Waals surface area contributed by atoms with Crippen molar-refractivity contribution in [3.63, 3.8) is 0 Å². The Hall–Kier alpha value is -0.860. The summed E-state index contributed by atoms with van der Waals surface area (Å²) in [5, 5.41) is 0. The van der Waals surface area contributed by atoms with Crippen molar-refractivity contribution in [2.45, 2.75) is 57.9 Å². The fourth-order valence-electron chi connectivity index (χ4n) is 3.03. The lowest BCUT2D eigenvalue weighted by molar-refractivity contribution is 0.0759. The van der Waals surface area contributed by atoms with Gasteiger partial charge in [0.1, 0.15) is 0 Å². The molecule has 1 fully saturated rings. The predicted octanol–water partition coefficient (Wildman–Crippen LogP) is 4.24. The van der Waals surface area contributed by atoms with Crippen molar-refractivity contribution >= 4 is 0 Å². The van der Waals surface area contributed by atoms with Gasteiger partial charge in [0.25, 0.3) is 0 Å². The van der Waals surface area contributed by atoms with Gasteiger partial charge in [-0.25, -0.2) is 0 Å². The van der Waals surface area contributed by atoms with E-state index in [4.69, 9.17) is 10.5 Å². The molecule has 2 heteroatoms. The summed E-state index contributed by atoms with van der Waals surface area (Å²) in [5.74, 6) is 0.767. The van der Waals surface area contributed by atoms with Gasteiger partial charge in [-0.3, -0.25) is 0 Å². The number of aryl methyl sites for hydroxylation is 1.